The molecule has 0 bridgehead atoms. The van der Waals surface area contributed by atoms with Gasteiger partial charge in [-0.05, 0) is 18.1 Å². The second-order valence-electron chi connectivity index (χ2n) is 4.77. The van der Waals surface area contributed by atoms with Gasteiger partial charge >= 0.3 is 0 Å². The first-order valence-electron chi connectivity index (χ1n) is 6.54. The third-order valence-electron chi connectivity index (χ3n) is 3.41. The molecule has 4 heteroatoms. The van der Waals surface area contributed by atoms with Gasteiger partial charge in [0.2, 0.25) is 0 Å². The molecule has 2 N–H and O–H groups in total. The Morgan fingerprint density at radius 3 is 3.06 bits per heavy atom. The van der Waals surface area contributed by atoms with Crippen molar-refractivity contribution in [3.05, 3.63) is 35.1 Å². The first-order chi connectivity index (χ1) is 8.72. The number of benzene rings is 1. The molecule has 0 saturated carbocycles. The van der Waals surface area contributed by atoms with Crippen LogP contribution in [-0.4, -0.2) is 29.0 Å². The zero-order valence-electron chi connectivity index (χ0n) is 10.9. The van der Waals surface area contributed by atoms with Crippen LogP contribution in [0.2, 0.25) is 0 Å². The summed E-state index contributed by atoms with van der Waals surface area (Å²) in [6.45, 7) is 5.68. The van der Waals surface area contributed by atoms with Crippen LogP contribution in [-0.2, 0) is 13.1 Å². The molecular formula is C14H21FN2S. The Kier molecular flexibility index (Phi) is 5.03. The van der Waals surface area contributed by atoms with Gasteiger partial charge in [-0.3, -0.25) is 4.90 Å². The standard InChI is InChI=1S/C14H21FN2S/c1-2-13-10-17(5-6-18-13)9-11-3-4-14(15)12(7-11)8-16/h3-4,7,13H,2,5-6,8-10,16H2,1H3. The van der Waals surface area contributed by atoms with Crippen LogP contribution in [0.5, 0.6) is 0 Å². The molecule has 0 aromatic heterocycles. The molecule has 2 rings (SSSR count). The second-order valence-corrected chi connectivity index (χ2v) is 6.17. The van der Waals surface area contributed by atoms with Gasteiger partial charge in [-0.2, -0.15) is 11.8 Å². The molecule has 1 unspecified atom stereocenters. The van der Waals surface area contributed by atoms with Gasteiger partial charge in [-0.25, -0.2) is 4.39 Å². The summed E-state index contributed by atoms with van der Waals surface area (Å²) in [4.78, 5) is 2.46. The van der Waals surface area contributed by atoms with Gasteiger partial charge in [-0.1, -0.05) is 19.1 Å². The van der Waals surface area contributed by atoms with Crippen LogP contribution in [0.4, 0.5) is 4.39 Å². The molecule has 18 heavy (non-hydrogen) atoms. The summed E-state index contributed by atoms with van der Waals surface area (Å²) in [6.07, 6.45) is 1.22. The number of rotatable bonds is 4. The van der Waals surface area contributed by atoms with Crippen molar-refractivity contribution in [1.82, 2.24) is 4.90 Å². The van der Waals surface area contributed by atoms with E-state index in [4.69, 9.17) is 5.73 Å². The van der Waals surface area contributed by atoms with Crippen LogP contribution < -0.4 is 5.73 Å². The molecule has 2 nitrogen and oxygen atoms in total. The summed E-state index contributed by atoms with van der Waals surface area (Å²) in [7, 11) is 0. The van der Waals surface area contributed by atoms with Crippen LogP contribution in [0.25, 0.3) is 0 Å². The first-order valence-corrected chi connectivity index (χ1v) is 7.59. The van der Waals surface area contributed by atoms with E-state index in [9.17, 15) is 4.39 Å². The van der Waals surface area contributed by atoms with E-state index >= 15 is 0 Å². The maximum atomic E-state index is 13.4. The van der Waals surface area contributed by atoms with Gasteiger partial charge in [0.1, 0.15) is 5.82 Å². The molecule has 1 atom stereocenters. The van der Waals surface area contributed by atoms with Gasteiger partial charge in [0.05, 0.1) is 0 Å². The summed E-state index contributed by atoms with van der Waals surface area (Å²) in [5.41, 5.74) is 7.32. The number of nitrogens with two attached hydrogens (primary N) is 1. The number of halogens is 1. The molecule has 0 amide bonds. The maximum Gasteiger partial charge on any atom is 0.127 e. The molecule has 0 spiro atoms. The Labute approximate surface area is 113 Å². The minimum atomic E-state index is -0.193. The maximum absolute atomic E-state index is 13.4. The Morgan fingerprint density at radius 2 is 2.33 bits per heavy atom. The monoisotopic (exact) mass is 268 g/mol. The van der Waals surface area contributed by atoms with Crippen molar-refractivity contribution in [3.8, 4) is 0 Å². The van der Waals surface area contributed by atoms with E-state index in [1.807, 2.05) is 12.1 Å². The third-order valence-corrected chi connectivity index (χ3v) is 4.79. The zero-order valence-corrected chi connectivity index (χ0v) is 11.7. The first kappa shape index (κ1) is 13.8. The van der Waals surface area contributed by atoms with Crippen molar-refractivity contribution in [2.45, 2.75) is 31.7 Å². The molecule has 1 aromatic carbocycles. The molecule has 0 radical (unpaired) electrons. The second kappa shape index (κ2) is 6.55. The average molecular weight is 268 g/mol. The summed E-state index contributed by atoms with van der Waals surface area (Å²) < 4.78 is 13.4. The summed E-state index contributed by atoms with van der Waals surface area (Å²) >= 11 is 2.07. The van der Waals surface area contributed by atoms with E-state index in [1.54, 1.807) is 0 Å². The predicted octanol–water partition coefficient (Wildman–Crippen LogP) is 2.61. The SMILES string of the molecule is CCC1CN(Cc2ccc(F)c(CN)c2)CCS1. The van der Waals surface area contributed by atoms with Gasteiger partial charge in [0, 0.05) is 42.7 Å². The van der Waals surface area contributed by atoms with Crippen molar-refractivity contribution in [2.24, 2.45) is 5.73 Å². The fraction of sp³-hybridized carbons (Fsp3) is 0.571. The van der Waals surface area contributed by atoms with Crippen LogP contribution in [0.15, 0.2) is 18.2 Å². The summed E-state index contributed by atoms with van der Waals surface area (Å²) in [6, 6.07) is 5.31. The van der Waals surface area contributed by atoms with E-state index in [2.05, 4.69) is 23.6 Å². The Bertz CT molecular complexity index is 397. The largest absolute Gasteiger partial charge is 0.326 e. The Morgan fingerprint density at radius 1 is 1.50 bits per heavy atom. The van der Waals surface area contributed by atoms with E-state index in [0.717, 1.165) is 24.9 Å². The number of hydrogen-bond acceptors (Lipinski definition) is 3. The van der Waals surface area contributed by atoms with Crippen molar-refractivity contribution in [1.29, 1.82) is 0 Å². The van der Waals surface area contributed by atoms with E-state index in [0.29, 0.717) is 5.56 Å². The molecule has 1 saturated heterocycles. The van der Waals surface area contributed by atoms with E-state index in [-0.39, 0.29) is 12.4 Å². The molecule has 1 aliphatic heterocycles. The minimum absolute atomic E-state index is 0.193. The highest BCUT2D eigenvalue weighted by atomic mass is 32.2. The highest BCUT2D eigenvalue weighted by molar-refractivity contribution is 8.00. The van der Waals surface area contributed by atoms with Crippen molar-refractivity contribution in [3.63, 3.8) is 0 Å². The third kappa shape index (κ3) is 3.46. The normalized spacial score (nSPS) is 21.2. The molecular weight excluding hydrogens is 247 g/mol. The van der Waals surface area contributed by atoms with Crippen molar-refractivity contribution >= 4 is 11.8 Å². The van der Waals surface area contributed by atoms with Gasteiger partial charge < -0.3 is 5.73 Å². The number of nitrogens with zero attached hydrogens (tertiary/aromatic N) is 1. The van der Waals surface area contributed by atoms with E-state index in [1.165, 1.54) is 23.8 Å². The van der Waals surface area contributed by atoms with Gasteiger partial charge in [0.15, 0.2) is 0 Å². The molecule has 0 aliphatic carbocycles. The highest BCUT2D eigenvalue weighted by Gasteiger charge is 2.19. The lowest BCUT2D eigenvalue weighted by atomic mass is 10.1. The lowest BCUT2D eigenvalue weighted by Gasteiger charge is -2.31. The van der Waals surface area contributed by atoms with Crippen LogP contribution >= 0.6 is 11.8 Å². The topological polar surface area (TPSA) is 29.3 Å². The van der Waals surface area contributed by atoms with Crippen molar-refractivity contribution in [2.75, 3.05) is 18.8 Å². The van der Waals surface area contributed by atoms with Gasteiger partial charge in [0.25, 0.3) is 0 Å². The lowest BCUT2D eigenvalue weighted by Crippen LogP contribution is -2.37. The minimum Gasteiger partial charge on any atom is -0.326 e. The molecule has 1 aromatic rings. The Balaban J connectivity index is 2.00. The molecule has 1 aliphatic rings. The number of hydrogen-bond donors (Lipinski definition) is 1. The zero-order chi connectivity index (χ0) is 13.0. The predicted molar refractivity (Wildman–Crippen MR) is 76.1 cm³/mol. The van der Waals surface area contributed by atoms with Gasteiger partial charge in [-0.15, -0.1) is 0 Å². The summed E-state index contributed by atoms with van der Waals surface area (Å²) in [5, 5.41) is 0.744. The fourth-order valence-electron chi connectivity index (χ4n) is 2.31. The van der Waals surface area contributed by atoms with Crippen LogP contribution in [0.3, 0.4) is 0 Å². The lowest BCUT2D eigenvalue weighted by molar-refractivity contribution is 0.273. The Hall–Kier alpha value is -0.580. The fourth-order valence-corrected chi connectivity index (χ4v) is 3.56. The van der Waals surface area contributed by atoms with E-state index < -0.39 is 0 Å². The molecule has 100 valence electrons. The molecule has 1 fully saturated rings. The number of thioether (sulfide) groups is 1. The average Bonchev–Trinajstić information content (AvgIpc) is 2.41. The quantitative estimate of drug-likeness (QED) is 0.910. The van der Waals surface area contributed by atoms with Crippen LogP contribution in [0.1, 0.15) is 24.5 Å². The molecule has 1 heterocycles. The van der Waals surface area contributed by atoms with Crippen molar-refractivity contribution < 1.29 is 4.39 Å². The summed E-state index contributed by atoms with van der Waals surface area (Å²) in [5.74, 6) is 1.01. The van der Waals surface area contributed by atoms with Crippen LogP contribution in [0, 0.1) is 5.82 Å². The highest BCUT2D eigenvalue weighted by Crippen LogP contribution is 2.22. The smallest absolute Gasteiger partial charge is 0.127 e.